The van der Waals surface area contributed by atoms with Gasteiger partial charge in [0, 0.05) is 0 Å². The van der Waals surface area contributed by atoms with Crippen molar-refractivity contribution in [2.75, 3.05) is 0 Å². The summed E-state index contributed by atoms with van der Waals surface area (Å²) in [5.74, 6) is 1.07. The minimum Gasteiger partial charge on any atom is -0.247 e. The molecule has 0 N–H and O–H groups in total. The highest BCUT2D eigenvalue weighted by molar-refractivity contribution is 4.86. The Morgan fingerprint density at radius 3 is 2.14 bits per heavy atom. The molecule has 1 heteroatoms. The largest absolute Gasteiger partial charge is 0.247 e. The molecule has 7 heavy (non-hydrogen) atoms. The minimum absolute atomic E-state index is 0.403. The molecular weight excluding hydrogens is 91.1 g/mol. The second-order valence-corrected chi connectivity index (χ2v) is 2.55. The van der Waals surface area contributed by atoms with Gasteiger partial charge in [0.25, 0.3) is 0 Å². The quantitative estimate of drug-likeness (QED) is 0.475. The standard InChI is InChI=1S/C6H11F/c1-4-3-6(4)5(2)7/h4-6H,3H2,1-2H3. The zero-order valence-electron chi connectivity index (χ0n) is 4.82. The monoisotopic (exact) mass is 102 g/mol. The van der Waals surface area contributed by atoms with Crippen LogP contribution in [-0.2, 0) is 0 Å². The molecule has 1 aliphatic rings. The van der Waals surface area contributed by atoms with Crippen LogP contribution in [0, 0.1) is 11.8 Å². The summed E-state index contributed by atoms with van der Waals surface area (Å²) in [6, 6.07) is 0. The molecular formula is C6H11F. The minimum atomic E-state index is -0.560. The van der Waals surface area contributed by atoms with E-state index in [4.69, 9.17) is 0 Å². The first-order valence-electron chi connectivity index (χ1n) is 2.86. The summed E-state index contributed by atoms with van der Waals surface area (Å²) in [7, 11) is 0. The van der Waals surface area contributed by atoms with Gasteiger partial charge in [0.15, 0.2) is 0 Å². The van der Waals surface area contributed by atoms with Crippen LogP contribution in [0.1, 0.15) is 20.3 Å². The molecule has 0 aromatic carbocycles. The molecule has 42 valence electrons. The lowest BCUT2D eigenvalue weighted by Gasteiger charge is -1.92. The van der Waals surface area contributed by atoms with E-state index in [2.05, 4.69) is 6.92 Å². The summed E-state index contributed by atoms with van der Waals surface area (Å²) in [5, 5.41) is 0. The number of alkyl halides is 1. The number of rotatable bonds is 1. The maximum atomic E-state index is 12.1. The van der Waals surface area contributed by atoms with E-state index in [1.807, 2.05) is 0 Å². The fourth-order valence-corrected chi connectivity index (χ4v) is 0.991. The van der Waals surface area contributed by atoms with Crippen LogP contribution in [0.5, 0.6) is 0 Å². The summed E-state index contributed by atoms with van der Waals surface area (Å²) >= 11 is 0. The van der Waals surface area contributed by atoms with Gasteiger partial charge in [-0.1, -0.05) is 6.92 Å². The van der Waals surface area contributed by atoms with Gasteiger partial charge in [-0.05, 0) is 25.2 Å². The van der Waals surface area contributed by atoms with Gasteiger partial charge in [-0.3, -0.25) is 0 Å². The summed E-state index contributed by atoms with van der Waals surface area (Å²) in [5.41, 5.74) is 0. The van der Waals surface area contributed by atoms with Crippen molar-refractivity contribution >= 4 is 0 Å². The van der Waals surface area contributed by atoms with E-state index < -0.39 is 6.17 Å². The van der Waals surface area contributed by atoms with E-state index in [-0.39, 0.29) is 0 Å². The predicted molar refractivity (Wildman–Crippen MR) is 27.8 cm³/mol. The topological polar surface area (TPSA) is 0 Å². The smallest absolute Gasteiger partial charge is 0.100 e. The Kier molecular flexibility index (Phi) is 1.06. The Hall–Kier alpha value is -0.0700. The SMILES string of the molecule is CC(F)C1CC1C. The zero-order chi connectivity index (χ0) is 5.44. The lowest BCUT2D eigenvalue weighted by molar-refractivity contribution is 0.314. The maximum Gasteiger partial charge on any atom is 0.100 e. The highest BCUT2D eigenvalue weighted by atomic mass is 19.1. The summed E-state index contributed by atoms with van der Waals surface area (Å²) in [6.45, 7) is 3.74. The van der Waals surface area contributed by atoms with Crippen LogP contribution < -0.4 is 0 Å². The highest BCUT2D eigenvalue weighted by Gasteiger charge is 2.37. The fourth-order valence-electron chi connectivity index (χ4n) is 0.991. The van der Waals surface area contributed by atoms with E-state index >= 15 is 0 Å². The van der Waals surface area contributed by atoms with Gasteiger partial charge < -0.3 is 0 Å². The van der Waals surface area contributed by atoms with Crippen LogP contribution in [0.2, 0.25) is 0 Å². The Balaban J connectivity index is 2.20. The molecule has 1 rings (SSSR count). The zero-order valence-corrected chi connectivity index (χ0v) is 4.82. The Morgan fingerprint density at radius 1 is 1.71 bits per heavy atom. The van der Waals surface area contributed by atoms with Crippen molar-refractivity contribution in [1.29, 1.82) is 0 Å². The lowest BCUT2D eigenvalue weighted by atomic mass is 10.2. The van der Waals surface area contributed by atoms with Gasteiger partial charge in [0.05, 0.1) is 0 Å². The molecule has 0 spiro atoms. The van der Waals surface area contributed by atoms with Gasteiger partial charge in [0.2, 0.25) is 0 Å². The molecule has 3 unspecified atom stereocenters. The predicted octanol–water partition coefficient (Wildman–Crippen LogP) is 2.00. The molecule has 0 heterocycles. The average molecular weight is 102 g/mol. The van der Waals surface area contributed by atoms with Crippen molar-refractivity contribution < 1.29 is 4.39 Å². The van der Waals surface area contributed by atoms with Gasteiger partial charge in [0.1, 0.15) is 6.17 Å². The normalized spacial score (nSPS) is 43.3. The molecule has 1 aliphatic carbocycles. The van der Waals surface area contributed by atoms with Crippen LogP contribution in [0.15, 0.2) is 0 Å². The molecule has 0 radical (unpaired) electrons. The van der Waals surface area contributed by atoms with Gasteiger partial charge in [-0.2, -0.15) is 0 Å². The third-order valence-electron chi connectivity index (χ3n) is 1.76. The van der Waals surface area contributed by atoms with Crippen molar-refractivity contribution in [2.45, 2.75) is 26.4 Å². The third kappa shape index (κ3) is 0.929. The first-order chi connectivity index (χ1) is 3.22. The molecule has 0 saturated heterocycles. The fraction of sp³-hybridized carbons (Fsp3) is 1.00. The molecule has 3 atom stereocenters. The van der Waals surface area contributed by atoms with E-state index in [0.29, 0.717) is 11.8 Å². The molecule has 1 saturated carbocycles. The van der Waals surface area contributed by atoms with Crippen molar-refractivity contribution in [3.8, 4) is 0 Å². The Bertz CT molecular complexity index is 68.6. The van der Waals surface area contributed by atoms with Crippen molar-refractivity contribution in [3.63, 3.8) is 0 Å². The lowest BCUT2D eigenvalue weighted by Crippen LogP contribution is -1.94. The van der Waals surface area contributed by atoms with Crippen molar-refractivity contribution in [1.82, 2.24) is 0 Å². The van der Waals surface area contributed by atoms with Gasteiger partial charge in [-0.25, -0.2) is 4.39 Å². The van der Waals surface area contributed by atoms with E-state index in [9.17, 15) is 4.39 Å². The van der Waals surface area contributed by atoms with E-state index in [1.54, 1.807) is 6.92 Å². The third-order valence-corrected chi connectivity index (χ3v) is 1.76. The van der Waals surface area contributed by atoms with Crippen molar-refractivity contribution in [2.24, 2.45) is 11.8 Å². The van der Waals surface area contributed by atoms with Crippen LogP contribution >= 0.6 is 0 Å². The molecule has 0 aromatic heterocycles. The summed E-state index contributed by atoms with van der Waals surface area (Å²) in [6.07, 6.45) is 0.549. The maximum absolute atomic E-state index is 12.1. The first kappa shape index (κ1) is 5.07. The molecule has 0 aliphatic heterocycles. The van der Waals surface area contributed by atoms with Crippen molar-refractivity contribution in [3.05, 3.63) is 0 Å². The van der Waals surface area contributed by atoms with Crippen LogP contribution in [0.3, 0.4) is 0 Å². The molecule has 0 aromatic rings. The highest BCUT2D eigenvalue weighted by Crippen LogP contribution is 2.41. The van der Waals surface area contributed by atoms with Crippen LogP contribution in [-0.4, -0.2) is 6.17 Å². The Morgan fingerprint density at radius 2 is 2.14 bits per heavy atom. The Labute approximate surface area is 43.7 Å². The second-order valence-electron chi connectivity index (χ2n) is 2.55. The molecule has 0 nitrogen and oxygen atoms in total. The van der Waals surface area contributed by atoms with Crippen LogP contribution in [0.25, 0.3) is 0 Å². The van der Waals surface area contributed by atoms with E-state index in [0.717, 1.165) is 6.42 Å². The van der Waals surface area contributed by atoms with Gasteiger partial charge >= 0.3 is 0 Å². The number of hydrogen-bond acceptors (Lipinski definition) is 0. The molecule has 1 fully saturated rings. The van der Waals surface area contributed by atoms with Crippen LogP contribution in [0.4, 0.5) is 4.39 Å². The summed E-state index contributed by atoms with van der Waals surface area (Å²) < 4.78 is 12.1. The first-order valence-corrected chi connectivity index (χ1v) is 2.86. The average Bonchev–Trinajstić information content (AvgIpc) is 2.17. The molecule has 0 bridgehead atoms. The summed E-state index contributed by atoms with van der Waals surface area (Å²) in [4.78, 5) is 0. The number of hydrogen-bond donors (Lipinski definition) is 0. The number of halogens is 1. The molecule has 0 amide bonds. The second kappa shape index (κ2) is 1.46. The van der Waals surface area contributed by atoms with Gasteiger partial charge in [-0.15, -0.1) is 0 Å². The van der Waals surface area contributed by atoms with E-state index in [1.165, 1.54) is 0 Å².